The molecule has 0 saturated heterocycles. The second kappa shape index (κ2) is 5.77. The highest BCUT2D eigenvalue weighted by atomic mass is 32.2. The molecule has 0 aliphatic heterocycles. The van der Waals surface area contributed by atoms with Gasteiger partial charge in [-0.15, -0.1) is 0 Å². The summed E-state index contributed by atoms with van der Waals surface area (Å²) in [4.78, 5) is 10.1. The Morgan fingerprint density at radius 2 is 1.57 bits per heavy atom. The zero-order valence-electron chi connectivity index (χ0n) is 11.1. The van der Waals surface area contributed by atoms with Gasteiger partial charge in [-0.1, -0.05) is 17.7 Å². The summed E-state index contributed by atoms with van der Waals surface area (Å²) in [7, 11) is -3.70. The number of nitro groups is 1. The number of aryl methyl sites for hydroxylation is 1. The van der Waals surface area contributed by atoms with Crippen LogP contribution in [0.5, 0.6) is 0 Å². The molecule has 0 bridgehead atoms. The summed E-state index contributed by atoms with van der Waals surface area (Å²) in [5, 5.41) is 12.7. The van der Waals surface area contributed by atoms with Crippen LogP contribution in [0.4, 0.5) is 5.69 Å². The molecule has 2 aromatic rings. The largest absolute Gasteiger partial charge is 0.269 e. The van der Waals surface area contributed by atoms with Gasteiger partial charge in [-0.05, 0) is 37.1 Å². The van der Waals surface area contributed by atoms with Crippen molar-refractivity contribution in [2.24, 2.45) is 0 Å². The van der Waals surface area contributed by atoms with Crippen molar-refractivity contribution >= 4 is 15.5 Å². The number of nitrogens with zero attached hydrogens (tertiary/aromatic N) is 1. The zero-order valence-corrected chi connectivity index (χ0v) is 11.9. The third kappa shape index (κ3) is 3.68. The minimum atomic E-state index is -3.70. The Labute approximate surface area is 122 Å². The topological polar surface area (TPSA) is 77.3 Å². The molecule has 0 amide bonds. The molecular formula is C15H11NO4S. The summed E-state index contributed by atoms with van der Waals surface area (Å²) in [6.07, 6.45) is 0. The standard InChI is InChI=1S/C15H11NO4S/c1-12-2-8-15(9-3-12)21(19,20)11-10-13-4-6-14(7-5-13)16(17)18/h2-9H,1H3. The van der Waals surface area contributed by atoms with Crippen LogP contribution in [-0.4, -0.2) is 13.3 Å². The van der Waals surface area contributed by atoms with E-state index in [1.807, 2.05) is 6.92 Å². The molecule has 0 aliphatic rings. The molecule has 6 heteroatoms. The van der Waals surface area contributed by atoms with Crippen LogP contribution in [0.2, 0.25) is 0 Å². The molecule has 106 valence electrons. The Morgan fingerprint density at radius 1 is 1.00 bits per heavy atom. The maximum atomic E-state index is 12.0. The fourth-order valence-electron chi connectivity index (χ4n) is 1.57. The van der Waals surface area contributed by atoms with Gasteiger partial charge in [0.25, 0.3) is 5.69 Å². The van der Waals surface area contributed by atoms with Gasteiger partial charge >= 0.3 is 0 Å². The molecule has 0 spiro atoms. The van der Waals surface area contributed by atoms with E-state index in [4.69, 9.17) is 0 Å². The first kappa shape index (κ1) is 14.8. The van der Waals surface area contributed by atoms with Gasteiger partial charge in [0.1, 0.15) is 0 Å². The maximum Gasteiger partial charge on any atom is 0.269 e. The molecule has 0 saturated carbocycles. The summed E-state index contributed by atoms with van der Waals surface area (Å²) in [6.45, 7) is 1.86. The van der Waals surface area contributed by atoms with Crippen LogP contribution in [0.25, 0.3) is 0 Å². The Bertz CT molecular complexity index is 826. The maximum absolute atomic E-state index is 12.0. The summed E-state index contributed by atoms with van der Waals surface area (Å²) < 4.78 is 24.0. The van der Waals surface area contributed by atoms with E-state index < -0.39 is 14.8 Å². The van der Waals surface area contributed by atoms with Gasteiger partial charge < -0.3 is 0 Å². The molecular weight excluding hydrogens is 290 g/mol. The van der Waals surface area contributed by atoms with Crippen molar-refractivity contribution in [1.29, 1.82) is 0 Å². The Hall–Kier alpha value is -2.65. The monoisotopic (exact) mass is 301 g/mol. The average molecular weight is 301 g/mol. The lowest BCUT2D eigenvalue weighted by Gasteiger charge is -1.97. The van der Waals surface area contributed by atoms with Crippen molar-refractivity contribution < 1.29 is 13.3 Å². The van der Waals surface area contributed by atoms with Gasteiger partial charge in [0, 0.05) is 22.9 Å². The minimum Gasteiger partial charge on any atom is -0.258 e. The van der Waals surface area contributed by atoms with E-state index in [9.17, 15) is 18.5 Å². The van der Waals surface area contributed by atoms with Gasteiger partial charge in [-0.3, -0.25) is 10.1 Å². The fourth-order valence-corrected chi connectivity index (χ4v) is 2.43. The minimum absolute atomic E-state index is 0.0676. The van der Waals surface area contributed by atoms with Crippen molar-refractivity contribution in [1.82, 2.24) is 0 Å². The van der Waals surface area contributed by atoms with Crippen LogP contribution in [0.3, 0.4) is 0 Å². The number of benzene rings is 2. The van der Waals surface area contributed by atoms with Crippen LogP contribution in [0, 0.1) is 28.2 Å². The highest BCUT2D eigenvalue weighted by Crippen LogP contribution is 2.13. The highest BCUT2D eigenvalue weighted by Gasteiger charge is 2.10. The Morgan fingerprint density at radius 3 is 2.10 bits per heavy atom. The molecule has 0 fully saturated rings. The van der Waals surface area contributed by atoms with Gasteiger partial charge in [0.05, 0.1) is 9.82 Å². The number of sulfone groups is 1. The molecule has 0 aromatic heterocycles. The summed E-state index contributed by atoms with van der Waals surface area (Å²) in [6, 6.07) is 11.8. The van der Waals surface area contributed by atoms with Crippen molar-refractivity contribution in [2.75, 3.05) is 0 Å². The fraction of sp³-hybridized carbons (Fsp3) is 0.0667. The van der Waals surface area contributed by atoms with Crippen molar-refractivity contribution in [2.45, 2.75) is 11.8 Å². The van der Waals surface area contributed by atoms with Crippen LogP contribution in [-0.2, 0) is 9.84 Å². The lowest BCUT2D eigenvalue weighted by atomic mass is 10.2. The summed E-state index contributed by atoms with van der Waals surface area (Å²) in [5.74, 6) is 2.50. The first-order valence-electron chi connectivity index (χ1n) is 5.97. The third-order valence-corrected chi connectivity index (χ3v) is 4.00. The van der Waals surface area contributed by atoms with Crippen LogP contribution < -0.4 is 0 Å². The average Bonchev–Trinajstić information content (AvgIpc) is 2.46. The molecule has 2 rings (SSSR count). The zero-order chi connectivity index (χ0) is 15.5. The van der Waals surface area contributed by atoms with E-state index >= 15 is 0 Å². The SMILES string of the molecule is Cc1ccc(S(=O)(=O)C#Cc2ccc([N+](=O)[O-])cc2)cc1. The number of rotatable bonds is 2. The Balaban J connectivity index is 2.29. The van der Waals surface area contributed by atoms with Crippen LogP contribution in [0.15, 0.2) is 53.4 Å². The molecule has 2 aromatic carbocycles. The van der Waals surface area contributed by atoms with Gasteiger partial charge in [-0.25, -0.2) is 8.42 Å². The smallest absolute Gasteiger partial charge is 0.258 e. The first-order valence-corrected chi connectivity index (χ1v) is 7.46. The third-order valence-electron chi connectivity index (χ3n) is 2.74. The van der Waals surface area contributed by atoms with E-state index in [2.05, 4.69) is 11.2 Å². The molecule has 0 unspecified atom stereocenters. The number of non-ortho nitro benzene ring substituents is 1. The molecule has 21 heavy (non-hydrogen) atoms. The van der Waals surface area contributed by atoms with Crippen molar-refractivity contribution in [3.05, 3.63) is 69.8 Å². The molecule has 0 aliphatic carbocycles. The van der Waals surface area contributed by atoms with Gasteiger partial charge in [-0.2, -0.15) is 0 Å². The van der Waals surface area contributed by atoms with Crippen LogP contribution in [0.1, 0.15) is 11.1 Å². The second-order valence-electron chi connectivity index (χ2n) is 4.35. The number of nitro benzene ring substituents is 1. The second-order valence-corrected chi connectivity index (χ2v) is 6.03. The lowest BCUT2D eigenvalue weighted by molar-refractivity contribution is -0.384. The summed E-state index contributed by atoms with van der Waals surface area (Å²) >= 11 is 0. The lowest BCUT2D eigenvalue weighted by Crippen LogP contribution is -1.96. The quantitative estimate of drug-likeness (QED) is 0.485. The van der Waals surface area contributed by atoms with E-state index in [0.717, 1.165) is 5.56 Å². The van der Waals surface area contributed by atoms with Crippen molar-refractivity contribution in [3.8, 4) is 11.2 Å². The normalized spacial score (nSPS) is 10.5. The van der Waals surface area contributed by atoms with E-state index in [1.54, 1.807) is 12.1 Å². The van der Waals surface area contributed by atoms with Crippen LogP contribution >= 0.6 is 0 Å². The van der Waals surface area contributed by atoms with E-state index in [1.165, 1.54) is 36.4 Å². The summed E-state index contributed by atoms with van der Waals surface area (Å²) in [5.41, 5.74) is 1.29. The Kier molecular flexibility index (Phi) is 4.05. The number of hydrogen-bond donors (Lipinski definition) is 0. The van der Waals surface area contributed by atoms with Gasteiger partial charge in [0.15, 0.2) is 0 Å². The molecule has 0 atom stereocenters. The van der Waals surface area contributed by atoms with Crippen molar-refractivity contribution in [3.63, 3.8) is 0 Å². The molecule has 0 N–H and O–H groups in total. The number of hydrogen-bond acceptors (Lipinski definition) is 4. The predicted molar refractivity (Wildman–Crippen MR) is 78.3 cm³/mol. The highest BCUT2D eigenvalue weighted by molar-refractivity contribution is 7.96. The molecule has 0 heterocycles. The molecule has 5 nitrogen and oxygen atoms in total. The van der Waals surface area contributed by atoms with Gasteiger partial charge in [0.2, 0.25) is 9.84 Å². The van der Waals surface area contributed by atoms with E-state index in [-0.39, 0.29) is 10.6 Å². The predicted octanol–water partition coefficient (Wildman–Crippen LogP) is 2.69. The van der Waals surface area contributed by atoms with E-state index in [0.29, 0.717) is 5.56 Å². The molecule has 0 radical (unpaired) electrons. The first-order chi connectivity index (χ1) is 9.88.